The number of aromatic nitrogens is 1. The average Bonchev–Trinajstić information content (AvgIpc) is 3.12. The Morgan fingerprint density at radius 2 is 2.35 bits per heavy atom. The molecule has 1 unspecified atom stereocenters. The quantitative estimate of drug-likeness (QED) is 0.781. The summed E-state index contributed by atoms with van der Waals surface area (Å²) in [7, 11) is 0. The molecule has 2 rings (SSSR count). The van der Waals surface area contributed by atoms with Crippen molar-refractivity contribution in [2.24, 2.45) is 0 Å². The van der Waals surface area contributed by atoms with Crippen molar-refractivity contribution in [2.45, 2.75) is 36.4 Å². The second-order valence-corrected chi connectivity index (χ2v) is 6.17. The van der Waals surface area contributed by atoms with Gasteiger partial charge >= 0.3 is 0 Å². The van der Waals surface area contributed by atoms with Gasteiger partial charge in [-0.25, -0.2) is 4.98 Å². The first-order valence-corrected chi connectivity index (χ1v) is 7.11. The normalized spacial score (nSPS) is 19.0. The number of nitrogens with one attached hydrogen (secondary N) is 1. The molecule has 0 saturated heterocycles. The van der Waals surface area contributed by atoms with Crippen molar-refractivity contribution in [1.82, 2.24) is 10.3 Å². The molecule has 94 valence electrons. The maximum absolute atomic E-state index is 9.47. The lowest BCUT2D eigenvalue weighted by atomic mass is 10.1. The molecular formula is C12H17ClN2OS. The predicted molar refractivity (Wildman–Crippen MR) is 71.6 cm³/mol. The van der Waals surface area contributed by atoms with Crippen LogP contribution in [0.4, 0.5) is 0 Å². The number of nitrogens with zero attached hydrogens (tertiary/aromatic N) is 1. The second kappa shape index (κ2) is 5.57. The smallest absolute Gasteiger partial charge is 0.0961 e. The van der Waals surface area contributed by atoms with E-state index in [9.17, 15) is 5.11 Å². The van der Waals surface area contributed by atoms with E-state index in [1.165, 1.54) is 12.8 Å². The molecule has 1 aliphatic carbocycles. The van der Waals surface area contributed by atoms with Crippen LogP contribution in [0.1, 0.15) is 19.8 Å². The molecule has 1 aromatic heterocycles. The van der Waals surface area contributed by atoms with Gasteiger partial charge < -0.3 is 10.4 Å². The lowest BCUT2D eigenvalue weighted by molar-refractivity contribution is 0.190. The minimum Gasteiger partial charge on any atom is -0.394 e. The number of halogens is 1. The number of rotatable bonds is 6. The molecule has 1 atom stereocenters. The first-order valence-electron chi connectivity index (χ1n) is 5.74. The molecule has 17 heavy (non-hydrogen) atoms. The molecule has 0 spiro atoms. The Labute approximate surface area is 111 Å². The van der Waals surface area contributed by atoms with E-state index < -0.39 is 0 Å². The zero-order valence-corrected chi connectivity index (χ0v) is 11.4. The zero-order chi connectivity index (χ0) is 12.3. The summed E-state index contributed by atoms with van der Waals surface area (Å²) in [6, 6.07) is 4.33. The van der Waals surface area contributed by atoms with Gasteiger partial charge in [0.05, 0.1) is 16.7 Å². The van der Waals surface area contributed by atoms with Gasteiger partial charge in [0.15, 0.2) is 0 Å². The summed E-state index contributed by atoms with van der Waals surface area (Å²) in [6.07, 6.45) is 4.09. The summed E-state index contributed by atoms with van der Waals surface area (Å²) in [6.45, 7) is 2.19. The minimum atomic E-state index is -0.229. The topological polar surface area (TPSA) is 45.2 Å². The van der Waals surface area contributed by atoms with Crippen molar-refractivity contribution < 1.29 is 5.11 Å². The summed E-state index contributed by atoms with van der Waals surface area (Å²) in [5.74, 6) is 0.800. The van der Waals surface area contributed by atoms with Crippen molar-refractivity contribution in [3.05, 3.63) is 23.4 Å². The summed E-state index contributed by atoms with van der Waals surface area (Å²) in [4.78, 5) is 4.23. The van der Waals surface area contributed by atoms with Crippen LogP contribution in [0.25, 0.3) is 0 Å². The van der Waals surface area contributed by atoms with Crippen LogP contribution in [0.5, 0.6) is 0 Å². The Kier molecular flexibility index (Phi) is 4.31. The highest BCUT2D eigenvalue weighted by Gasteiger charge is 2.32. The largest absolute Gasteiger partial charge is 0.394 e. The predicted octanol–water partition coefficient (Wildman–Crippen LogP) is 2.33. The van der Waals surface area contributed by atoms with Gasteiger partial charge in [-0.05, 0) is 31.9 Å². The van der Waals surface area contributed by atoms with E-state index in [0.717, 1.165) is 10.8 Å². The highest BCUT2D eigenvalue weighted by Crippen LogP contribution is 2.26. The SMILES string of the molecule is CC(CO)(CSc1ccc(Cl)cn1)NC1CC1. The number of thioether (sulfide) groups is 1. The molecule has 0 bridgehead atoms. The standard InChI is InChI=1S/C12H17ClN2OS/c1-12(7-16,15-10-3-4-10)8-17-11-5-2-9(13)6-14-11/h2,5-6,10,15-16H,3-4,7-8H2,1H3. The van der Waals surface area contributed by atoms with Crippen LogP contribution in [0, 0.1) is 0 Å². The van der Waals surface area contributed by atoms with Gasteiger partial charge in [0.25, 0.3) is 0 Å². The van der Waals surface area contributed by atoms with E-state index in [-0.39, 0.29) is 12.1 Å². The minimum absolute atomic E-state index is 0.143. The fraction of sp³-hybridized carbons (Fsp3) is 0.583. The maximum Gasteiger partial charge on any atom is 0.0961 e. The van der Waals surface area contributed by atoms with E-state index in [4.69, 9.17) is 11.6 Å². The second-order valence-electron chi connectivity index (χ2n) is 4.74. The van der Waals surface area contributed by atoms with Crippen LogP contribution in [-0.4, -0.2) is 34.0 Å². The molecule has 0 aliphatic heterocycles. The highest BCUT2D eigenvalue weighted by atomic mass is 35.5. The van der Waals surface area contributed by atoms with Gasteiger partial charge in [0.2, 0.25) is 0 Å². The molecule has 1 aromatic rings. The van der Waals surface area contributed by atoms with Crippen LogP contribution in [-0.2, 0) is 0 Å². The van der Waals surface area contributed by atoms with E-state index in [1.54, 1.807) is 18.0 Å². The zero-order valence-electron chi connectivity index (χ0n) is 9.82. The lowest BCUT2D eigenvalue weighted by Crippen LogP contribution is -2.49. The maximum atomic E-state index is 9.47. The first-order chi connectivity index (χ1) is 8.11. The van der Waals surface area contributed by atoms with E-state index in [1.807, 2.05) is 19.1 Å². The summed E-state index contributed by atoms with van der Waals surface area (Å²) in [5.41, 5.74) is -0.229. The summed E-state index contributed by atoms with van der Waals surface area (Å²) >= 11 is 7.42. The Bertz CT molecular complexity index is 369. The molecule has 1 fully saturated rings. The highest BCUT2D eigenvalue weighted by molar-refractivity contribution is 7.99. The third kappa shape index (κ3) is 4.14. The molecule has 1 aliphatic rings. The number of hydrogen-bond acceptors (Lipinski definition) is 4. The molecule has 1 saturated carbocycles. The molecule has 3 nitrogen and oxygen atoms in total. The molecule has 0 amide bonds. The van der Waals surface area contributed by atoms with E-state index in [0.29, 0.717) is 11.1 Å². The lowest BCUT2D eigenvalue weighted by Gasteiger charge is -2.28. The van der Waals surface area contributed by atoms with E-state index >= 15 is 0 Å². The first kappa shape index (κ1) is 13.1. The van der Waals surface area contributed by atoms with Crippen molar-refractivity contribution >= 4 is 23.4 Å². The van der Waals surface area contributed by atoms with Gasteiger partial charge in [-0.3, -0.25) is 0 Å². The fourth-order valence-corrected chi connectivity index (χ4v) is 2.58. The monoisotopic (exact) mass is 272 g/mol. The van der Waals surface area contributed by atoms with Gasteiger partial charge in [-0.15, -0.1) is 11.8 Å². The van der Waals surface area contributed by atoms with Crippen LogP contribution in [0.3, 0.4) is 0 Å². The van der Waals surface area contributed by atoms with Gasteiger partial charge in [-0.1, -0.05) is 11.6 Å². The summed E-state index contributed by atoms with van der Waals surface area (Å²) < 4.78 is 0. The molecule has 2 N–H and O–H groups in total. The van der Waals surface area contributed by atoms with Crippen LogP contribution < -0.4 is 5.32 Å². The van der Waals surface area contributed by atoms with Crippen LogP contribution in [0.2, 0.25) is 5.02 Å². The van der Waals surface area contributed by atoms with Crippen LogP contribution >= 0.6 is 23.4 Å². The number of aliphatic hydroxyl groups is 1. The fourth-order valence-electron chi connectivity index (χ4n) is 1.53. The average molecular weight is 273 g/mol. The molecular weight excluding hydrogens is 256 g/mol. The van der Waals surface area contributed by atoms with Gasteiger partial charge in [-0.2, -0.15) is 0 Å². The Balaban J connectivity index is 1.88. The Morgan fingerprint density at radius 3 is 2.88 bits per heavy atom. The molecule has 0 radical (unpaired) electrons. The molecule has 0 aromatic carbocycles. The third-order valence-electron chi connectivity index (χ3n) is 2.72. The summed E-state index contributed by atoms with van der Waals surface area (Å²) in [5, 5.41) is 14.5. The van der Waals surface area contributed by atoms with Gasteiger partial charge in [0, 0.05) is 23.5 Å². The Hall–Kier alpha value is -0.290. The molecule has 5 heteroatoms. The number of pyridine rings is 1. The van der Waals surface area contributed by atoms with Crippen LogP contribution in [0.15, 0.2) is 23.4 Å². The number of hydrogen-bond donors (Lipinski definition) is 2. The van der Waals surface area contributed by atoms with Crippen molar-refractivity contribution in [3.63, 3.8) is 0 Å². The van der Waals surface area contributed by atoms with Crippen molar-refractivity contribution in [2.75, 3.05) is 12.4 Å². The third-order valence-corrected chi connectivity index (χ3v) is 4.26. The van der Waals surface area contributed by atoms with Gasteiger partial charge in [0.1, 0.15) is 0 Å². The van der Waals surface area contributed by atoms with Crippen molar-refractivity contribution in [3.8, 4) is 0 Å². The Morgan fingerprint density at radius 1 is 1.59 bits per heavy atom. The van der Waals surface area contributed by atoms with Crippen molar-refractivity contribution in [1.29, 1.82) is 0 Å². The van der Waals surface area contributed by atoms with E-state index in [2.05, 4.69) is 10.3 Å². The molecule has 1 heterocycles. The number of aliphatic hydroxyl groups excluding tert-OH is 1.